The Hall–Kier alpha value is -3.06. The van der Waals surface area contributed by atoms with Gasteiger partial charge in [0.05, 0.1) is 7.11 Å². The van der Waals surface area contributed by atoms with Crippen LogP contribution in [-0.2, 0) is 21.6 Å². The second kappa shape index (κ2) is 8.75. The molecule has 2 rings (SSSR count). The molecular formula is C24H27NO3. The van der Waals surface area contributed by atoms with E-state index in [1.807, 2.05) is 19.9 Å². The van der Waals surface area contributed by atoms with Gasteiger partial charge in [0, 0.05) is 0 Å². The minimum Gasteiger partial charge on any atom is -0.497 e. The normalized spacial score (nSPS) is 11.7. The van der Waals surface area contributed by atoms with Crippen molar-refractivity contribution in [3.63, 3.8) is 0 Å². The molecule has 0 heterocycles. The van der Waals surface area contributed by atoms with Crippen LogP contribution >= 0.6 is 0 Å². The van der Waals surface area contributed by atoms with Crippen LogP contribution in [0.5, 0.6) is 5.75 Å². The summed E-state index contributed by atoms with van der Waals surface area (Å²) in [6.45, 7) is 10.7. The molecule has 0 atom stereocenters. The van der Waals surface area contributed by atoms with Crippen molar-refractivity contribution >= 4 is 12.0 Å². The summed E-state index contributed by atoms with van der Waals surface area (Å²) in [5.41, 5.74) is 5.13. The topological polar surface area (TPSA) is 59.3 Å². The van der Waals surface area contributed by atoms with Crippen molar-refractivity contribution in [3.8, 4) is 11.8 Å². The molecule has 4 heteroatoms. The number of ether oxygens (including phenoxy) is 2. The van der Waals surface area contributed by atoms with Crippen LogP contribution < -0.4 is 4.74 Å². The Morgan fingerprint density at radius 1 is 1.11 bits per heavy atom. The molecule has 0 unspecified atom stereocenters. The van der Waals surface area contributed by atoms with Crippen LogP contribution in [0.3, 0.4) is 0 Å². The smallest absolute Gasteiger partial charge is 0.349 e. The van der Waals surface area contributed by atoms with Crippen LogP contribution in [-0.4, -0.2) is 13.1 Å². The Kier molecular flexibility index (Phi) is 6.64. The molecule has 0 fully saturated rings. The largest absolute Gasteiger partial charge is 0.497 e. The molecular weight excluding hydrogens is 350 g/mol. The van der Waals surface area contributed by atoms with E-state index < -0.39 is 5.97 Å². The lowest BCUT2D eigenvalue weighted by Gasteiger charge is -2.22. The van der Waals surface area contributed by atoms with Crippen molar-refractivity contribution in [2.75, 3.05) is 7.11 Å². The summed E-state index contributed by atoms with van der Waals surface area (Å²) in [5.74, 6) is 0.0832. The monoisotopic (exact) mass is 377 g/mol. The van der Waals surface area contributed by atoms with E-state index in [-0.39, 0.29) is 17.6 Å². The van der Waals surface area contributed by atoms with Gasteiger partial charge in [0.25, 0.3) is 0 Å². The first-order valence-corrected chi connectivity index (χ1v) is 9.19. The molecule has 28 heavy (non-hydrogen) atoms. The summed E-state index contributed by atoms with van der Waals surface area (Å²) in [4.78, 5) is 12.4. The van der Waals surface area contributed by atoms with Crippen molar-refractivity contribution in [2.45, 2.75) is 46.6 Å². The number of methoxy groups -OCH3 is 1. The number of carbonyl (C=O) groups is 1. The number of nitrogens with zero attached hydrogens (tertiary/aromatic N) is 1. The van der Waals surface area contributed by atoms with Crippen molar-refractivity contribution in [1.29, 1.82) is 5.26 Å². The highest BCUT2D eigenvalue weighted by Gasteiger charge is 2.18. The first-order chi connectivity index (χ1) is 13.2. The predicted octanol–water partition coefficient (Wildman–Crippen LogP) is 5.26. The van der Waals surface area contributed by atoms with E-state index in [1.165, 1.54) is 11.6 Å². The van der Waals surface area contributed by atoms with Crippen LogP contribution in [0.4, 0.5) is 0 Å². The fourth-order valence-electron chi connectivity index (χ4n) is 2.87. The molecule has 2 aromatic rings. The highest BCUT2D eigenvalue weighted by molar-refractivity contribution is 5.97. The van der Waals surface area contributed by atoms with E-state index in [2.05, 4.69) is 32.9 Å². The highest BCUT2D eigenvalue weighted by Crippen LogP contribution is 2.27. The molecule has 0 amide bonds. The third-order valence-electron chi connectivity index (χ3n) is 4.68. The summed E-state index contributed by atoms with van der Waals surface area (Å²) >= 11 is 0. The predicted molar refractivity (Wildman–Crippen MR) is 111 cm³/mol. The molecule has 0 aliphatic heterocycles. The van der Waals surface area contributed by atoms with E-state index in [4.69, 9.17) is 9.47 Å². The van der Waals surface area contributed by atoms with Gasteiger partial charge in [-0.15, -0.1) is 0 Å². The third kappa shape index (κ3) is 5.23. The molecule has 146 valence electrons. The summed E-state index contributed by atoms with van der Waals surface area (Å²) in [5, 5.41) is 9.35. The number of benzene rings is 2. The molecule has 0 spiro atoms. The summed E-state index contributed by atoms with van der Waals surface area (Å²) in [6, 6.07) is 13.3. The fourth-order valence-corrected chi connectivity index (χ4v) is 2.87. The van der Waals surface area contributed by atoms with Crippen molar-refractivity contribution in [3.05, 3.63) is 69.8 Å². The van der Waals surface area contributed by atoms with Crippen molar-refractivity contribution < 1.29 is 14.3 Å². The number of hydrogen-bond acceptors (Lipinski definition) is 4. The first-order valence-electron chi connectivity index (χ1n) is 9.19. The maximum atomic E-state index is 12.4. The number of hydrogen-bond donors (Lipinski definition) is 0. The van der Waals surface area contributed by atoms with Gasteiger partial charge in [-0.1, -0.05) is 45.0 Å². The zero-order valence-electron chi connectivity index (χ0n) is 17.4. The van der Waals surface area contributed by atoms with Crippen LogP contribution in [0.25, 0.3) is 6.08 Å². The van der Waals surface area contributed by atoms with Gasteiger partial charge in [-0.3, -0.25) is 0 Å². The Labute approximate surface area is 167 Å². The first kappa shape index (κ1) is 21.2. The zero-order valence-corrected chi connectivity index (χ0v) is 17.4. The van der Waals surface area contributed by atoms with Gasteiger partial charge in [0.1, 0.15) is 24.0 Å². The molecule has 0 bridgehead atoms. The van der Waals surface area contributed by atoms with E-state index >= 15 is 0 Å². The van der Waals surface area contributed by atoms with Gasteiger partial charge < -0.3 is 9.47 Å². The molecule has 4 nitrogen and oxygen atoms in total. The molecule has 0 saturated heterocycles. The second-order valence-corrected chi connectivity index (χ2v) is 7.86. The fraction of sp³-hybridized carbons (Fsp3) is 0.333. The number of esters is 1. The molecule has 2 aromatic carbocycles. The number of carbonyl (C=O) groups excluding carboxylic acids is 1. The van der Waals surface area contributed by atoms with Crippen LogP contribution in [0.2, 0.25) is 0 Å². The van der Waals surface area contributed by atoms with Crippen molar-refractivity contribution in [2.24, 2.45) is 0 Å². The lowest BCUT2D eigenvalue weighted by molar-refractivity contribution is -0.139. The van der Waals surface area contributed by atoms with Crippen molar-refractivity contribution in [1.82, 2.24) is 0 Å². The number of nitriles is 1. The van der Waals surface area contributed by atoms with Gasteiger partial charge in [0.2, 0.25) is 0 Å². The highest BCUT2D eigenvalue weighted by atomic mass is 16.5. The quantitative estimate of drug-likeness (QED) is 0.405. The lowest BCUT2D eigenvalue weighted by Crippen LogP contribution is -2.13. The molecule has 0 N–H and O–H groups in total. The Balaban J connectivity index is 2.16. The summed E-state index contributed by atoms with van der Waals surface area (Å²) in [6.07, 6.45) is 1.52. The average Bonchev–Trinajstić information content (AvgIpc) is 2.64. The maximum Gasteiger partial charge on any atom is 0.349 e. The molecule has 0 aliphatic carbocycles. The minimum absolute atomic E-state index is 0.0354. The molecule has 0 aromatic heterocycles. The molecule has 0 aliphatic rings. The maximum absolute atomic E-state index is 12.4. The zero-order chi connectivity index (χ0) is 20.9. The Bertz CT molecular complexity index is 903. The van der Waals surface area contributed by atoms with E-state index in [0.717, 1.165) is 22.3 Å². The molecule has 0 saturated carbocycles. The van der Waals surface area contributed by atoms with E-state index in [1.54, 1.807) is 31.4 Å². The van der Waals surface area contributed by atoms with Gasteiger partial charge in [0.15, 0.2) is 0 Å². The summed E-state index contributed by atoms with van der Waals surface area (Å²) in [7, 11) is 1.58. The standard InChI is InChI=1S/C24H27NO3/c1-16-11-20(24(3,4)5)12-17(2)22(16)15-28-23(26)19(14-25)13-18-7-9-21(27-6)10-8-18/h7-13H,15H2,1-6H3/b19-13+. The number of rotatable bonds is 5. The van der Waals surface area contributed by atoms with Crippen LogP contribution in [0.15, 0.2) is 42.0 Å². The SMILES string of the molecule is COc1ccc(/C=C(\C#N)C(=O)OCc2c(C)cc(C(C)(C)C)cc2C)cc1. The Morgan fingerprint density at radius 3 is 2.14 bits per heavy atom. The average molecular weight is 377 g/mol. The third-order valence-corrected chi connectivity index (χ3v) is 4.68. The second-order valence-electron chi connectivity index (χ2n) is 7.86. The van der Waals surface area contributed by atoms with Gasteiger partial charge in [-0.05, 0) is 65.3 Å². The van der Waals surface area contributed by atoms with E-state index in [9.17, 15) is 10.1 Å². The summed E-state index contributed by atoms with van der Waals surface area (Å²) < 4.78 is 10.5. The number of aryl methyl sites for hydroxylation is 2. The lowest BCUT2D eigenvalue weighted by atomic mass is 9.84. The van der Waals surface area contributed by atoms with Gasteiger partial charge >= 0.3 is 5.97 Å². The van der Waals surface area contributed by atoms with Gasteiger partial charge in [-0.25, -0.2) is 4.79 Å². The van der Waals surface area contributed by atoms with Crippen LogP contribution in [0, 0.1) is 25.2 Å². The van der Waals surface area contributed by atoms with Crippen LogP contribution in [0.1, 0.15) is 48.6 Å². The van der Waals surface area contributed by atoms with Gasteiger partial charge in [-0.2, -0.15) is 5.26 Å². The minimum atomic E-state index is -0.628. The molecule has 0 radical (unpaired) electrons. The van der Waals surface area contributed by atoms with E-state index in [0.29, 0.717) is 5.75 Å². The Morgan fingerprint density at radius 2 is 1.68 bits per heavy atom.